The Morgan fingerprint density at radius 3 is 2.62 bits per heavy atom. The minimum Gasteiger partial charge on any atom is -0.489 e. The predicted molar refractivity (Wildman–Crippen MR) is 117 cm³/mol. The Labute approximate surface area is 177 Å². The van der Waals surface area contributed by atoms with Gasteiger partial charge in [-0.1, -0.05) is 31.0 Å². The van der Waals surface area contributed by atoms with Gasteiger partial charge in [-0.05, 0) is 63.0 Å². The van der Waals surface area contributed by atoms with E-state index in [2.05, 4.69) is 20.3 Å². The van der Waals surface area contributed by atoms with Crippen LogP contribution in [0, 0.1) is 19.8 Å². The van der Waals surface area contributed by atoms with E-state index in [0.717, 1.165) is 22.1 Å². The molecule has 3 rings (SSSR count). The lowest BCUT2D eigenvalue weighted by atomic mass is 9.90. The van der Waals surface area contributed by atoms with Gasteiger partial charge in [-0.15, -0.1) is 0 Å². The molecule has 156 valence electrons. The lowest BCUT2D eigenvalue weighted by Crippen LogP contribution is -2.18. The summed E-state index contributed by atoms with van der Waals surface area (Å²) in [6.07, 6.45) is 10.9. The highest BCUT2D eigenvalue weighted by molar-refractivity contribution is 7.98. The van der Waals surface area contributed by atoms with Crippen LogP contribution in [0.15, 0.2) is 23.5 Å². The number of thioether (sulfide) groups is 1. The second-order valence-corrected chi connectivity index (χ2v) is 8.35. The number of hydrogen-bond donors (Lipinski definition) is 1. The number of ether oxygens (including phenoxy) is 1. The van der Waals surface area contributed by atoms with Gasteiger partial charge >= 0.3 is 0 Å². The monoisotopic (exact) mass is 414 g/mol. The topological polar surface area (TPSA) is 77.0 Å². The number of carbonyl (C=O) groups is 1. The average Bonchev–Trinajstić information content (AvgIpc) is 2.73. The van der Waals surface area contributed by atoms with Crippen molar-refractivity contribution in [2.45, 2.75) is 63.9 Å². The van der Waals surface area contributed by atoms with Gasteiger partial charge in [0.15, 0.2) is 16.7 Å². The minimum atomic E-state index is -0.0843. The summed E-state index contributed by atoms with van der Waals surface area (Å²) in [5.41, 5.74) is 2.90. The first-order chi connectivity index (χ1) is 14.1. The zero-order valence-corrected chi connectivity index (χ0v) is 18.3. The first-order valence-electron chi connectivity index (χ1n) is 10.3. The Morgan fingerprint density at radius 1 is 1.21 bits per heavy atom. The highest BCUT2D eigenvalue weighted by Crippen LogP contribution is 2.27. The maximum absolute atomic E-state index is 12.5. The van der Waals surface area contributed by atoms with Crippen molar-refractivity contribution in [2.75, 3.05) is 18.2 Å². The second-order valence-electron chi connectivity index (χ2n) is 7.57. The molecule has 2 aromatic rings. The molecule has 0 bridgehead atoms. The third-order valence-corrected chi connectivity index (χ3v) is 5.96. The van der Waals surface area contributed by atoms with Crippen LogP contribution in [-0.2, 0) is 11.2 Å². The number of anilines is 1. The van der Waals surface area contributed by atoms with Crippen LogP contribution in [0.25, 0.3) is 0 Å². The molecule has 1 saturated carbocycles. The zero-order chi connectivity index (χ0) is 20.6. The maximum Gasteiger partial charge on any atom is 0.225 e. The summed E-state index contributed by atoms with van der Waals surface area (Å²) in [6, 6.07) is 3.71. The van der Waals surface area contributed by atoms with Crippen LogP contribution in [0.3, 0.4) is 0 Å². The Kier molecular flexibility index (Phi) is 7.86. The third-order valence-electron chi connectivity index (χ3n) is 5.41. The number of aryl methyl sites for hydroxylation is 2. The van der Waals surface area contributed by atoms with Gasteiger partial charge in [0, 0.05) is 24.0 Å². The number of aromatic nitrogens is 3. The van der Waals surface area contributed by atoms with E-state index in [0.29, 0.717) is 36.9 Å². The Balaban J connectivity index is 1.57. The van der Waals surface area contributed by atoms with Gasteiger partial charge in [0.2, 0.25) is 5.91 Å². The molecule has 0 radical (unpaired) electrons. The van der Waals surface area contributed by atoms with Crippen LogP contribution in [-0.4, -0.2) is 33.7 Å². The number of pyridine rings is 1. The van der Waals surface area contributed by atoms with Crippen molar-refractivity contribution >= 4 is 23.5 Å². The third kappa shape index (κ3) is 6.16. The molecule has 1 amide bonds. The highest BCUT2D eigenvalue weighted by atomic mass is 32.2. The summed E-state index contributed by atoms with van der Waals surface area (Å²) in [5, 5.41) is 3.68. The van der Waals surface area contributed by atoms with E-state index in [9.17, 15) is 4.79 Å². The SMILES string of the molecule is CSc1nc(C)c(CCC(=O)Nc2ncccc2OCC2CCCCC2)c(C)n1. The van der Waals surface area contributed by atoms with Crippen LogP contribution in [0.1, 0.15) is 55.5 Å². The van der Waals surface area contributed by atoms with E-state index < -0.39 is 0 Å². The molecule has 0 atom stereocenters. The Bertz CT molecular complexity index is 814. The lowest BCUT2D eigenvalue weighted by Gasteiger charge is -2.22. The summed E-state index contributed by atoms with van der Waals surface area (Å²) in [7, 11) is 0. The number of hydrogen-bond acceptors (Lipinski definition) is 6. The molecule has 2 heterocycles. The molecule has 29 heavy (non-hydrogen) atoms. The van der Waals surface area contributed by atoms with Crippen LogP contribution >= 0.6 is 11.8 Å². The largest absolute Gasteiger partial charge is 0.489 e. The predicted octanol–water partition coefficient (Wildman–Crippen LogP) is 4.74. The van der Waals surface area contributed by atoms with E-state index in [1.54, 1.807) is 6.20 Å². The second kappa shape index (κ2) is 10.6. The number of carbonyl (C=O) groups excluding carboxylic acids is 1. The quantitative estimate of drug-likeness (QED) is 0.497. The van der Waals surface area contributed by atoms with E-state index in [1.165, 1.54) is 43.9 Å². The molecule has 0 aliphatic heterocycles. The van der Waals surface area contributed by atoms with Gasteiger partial charge in [0.1, 0.15) is 0 Å². The highest BCUT2D eigenvalue weighted by Gasteiger charge is 2.16. The summed E-state index contributed by atoms with van der Waals surface area (Å²) >= 11 is 1.52. The van der Waals surface area contributed by atoms with Crippen molar-refractivity contribution in [3.8, 4) is 5.75 Å². The van der Waals surface area contributed by atoms with Gasteiger partial charge in [-0.3, -0.25) is 4.79 Å². The van der Waals surface area contributed by atoms with Crippen molar-refractivity contribution in [1.29, 1.82) is 0 Å². The van der Waals surface area contributed by atoms with Gasteiger partial charge < -0.3 is 10.1 Å². The summed E-state index contributed by atoms with van der Waals surface area (Å²) in [6.45, 7) is 4.63. The standard InChI is InChI=1S/C22H30N4O2S/c1-15-18(16(2)25-22(24-15)29-3)11-12-20(27)26-21-19(10-7-13-23-21)28-14-17-8-5-4-6-9-17/h7,10,13,17H,4-6,8-9,11-12,14H2,1-3H3,(H,23,26,27). The van der Waals surface area contributed by atoms with Crippen LogP contribution in [0.2, 0.25) is 0 Å². The zero-order valence-electron chi connectivity index (χ0n) is 17.5. The van der Waals surface area contributed by atoms with Crippen molar-refractivity contribution in [3.63, 3.8) is 0 Å². The fraction of sp³-hybridized carbons (Fsp3) is 0.545. The van der Waals surface area contributed by atoms with Crippen LogP contribution in [0.5, 0.6) is 5.75 Å². The first-order valence-corrected chi connectivity index (χ1v) is 11.5. The van der Waals surface area contributed by atoms with Crippen LogP contribution in [0.4, 0.5) is 5.82 Å². The molecule has 1 N–H and O–H groups in total. The average molecular weight is 415 g/mol. The minimum absolute atomic E-state index is 0.0843. The van der Waals surface area contributed by atoms with Gasteiger partial charge in [0.25, 0.3) is 0 Å². The molecular weight excluding hydrogens is 384 g/mol. The molecule has 1 aliphatic rings. The van der Waals surface area contributed by atoms with Gasteiger partial charge in [-0.2, -0.15) is 0 Å². The molecule has 0 saturated heterocycles. The Hall–Kier alpha value is -2.15. The normalized spacial score (nSPS) is 14.6. The molecule has 7 heteroatoms. The van der Waals surface area contributed by atoms with E-state index in [4.69, 9.17) is 4.74 Å². The van der Waals surface area contributed by atoms with Gasteiger partial charge in [-0.25, -0.2) is 15.0 Å². The lowest BCUT2D eigenvalue weighted by molar-refractivity contribution is -0.116. The fourth-order valence-corrected chi connectivity index (χ4v) is 4.21. The van der Waals surface area contributed by atoms with E-state index in [1.807, 2.05) is 32.2 Å². The first kappa shape index (κ1) is 21.6. The number of rotatable bonds is 8. The van der Waals surface area contributed by atoms with Crippen molar-refractivity contribution < 1.29 is 9.53 Å². The summed E-state index contributed by atoms with van der Waals surface area (Å²) < 4.78 is 6.00. The van der Waals surface area contributed by atoms with Crippen molar-refractivity contribution in [3.05, 3.63) is 35.3 Å². The number of nitrogens with one attached hydrogen (secondary N) is 1. The fourth-order valence-electron chi connectivity index (χ4n) is 3.76. The summed E-state index contributed by atoms with van der Waals surface area (Å²) in [4.78, 5) is 25.8. The van der Waals surface area contributed by atoms with Crippen molar-refractivity contribution in [1.82, 2.24) is 15.0 Å². The number of nitrogens with zero attached hydrogens (tertiary/aromatic N) is 3. The Morgan fingerprint density at radius 2 is 1.93 bits per heavy atom. The smallest absolute Gasteiger partial charge is 0.225 e. The molecule has 1 fully saturated rings. The molecule has 0 unspecified atom stereocenters. The maximum atomic E-state index is 12.5. The molecule has 0 spiro atoms. The number of amides is 1. The molecule has 2 aromatic heterocycles. The van der Waals surface area contributed by atoms with E-state index >= 15 is 0 Å². The summed E-state index contributed by atoms with van der Waals surface area (Å²) in [5.74, 6) is 1.66. The van der Waals surface area contributed by atoms with Gasteiger partial charge in [0.05, 0.1) is 6.61 Å². The molecular formula is C22H30N4O2S. The molecule has 0 aromatic carbocycles. The molecule has 6 nitrogen and oxygen atoms in total. The molecule has 1 aliphatic carbocycles. The van der Waals surface area contributed by atoms with E-state index in [-0.39, 0.29) is 5.91 Å². The van der Waals surface area contributed by atoms with Crippen LogP contribution < -0.4 is 10.1 Å². The van der Waals surface area contributed by atoms with Crippen molar-refractivity contribution in [2.24, 2.45) is 5.92 Å².